The maximum absolute atomic E-state index is 11.4. The molecule has 1 N–H and O–H groups in total. The Kier molecular flexibility index (Phi) is 5.51. The number of nitro groups is 2. The molecule has 0 saturated heterocycles. The van der Waals surface area contributed by atoms with Crippen LogP contribution >= 0.6 is 15.9 Å². The summed E-state index contributed by atoms with van der Waals surface area (Å²) in [7, 11) is 0. The molecule has 8 heteroatoms. The second-order valence-electron chi connectivity index (χ2n) is 6.39. The Labute approximate surface area is 158 Å². The number of benzene rings is 2. The number of rotatable bonds is 5. The van der Waals surface area contributed by atoms with E-state index in [2.05, 4.69) is 21.2 Å². The van der Waals surface area contributed by atoms with Crippen LogP contribution in [0, 0.1) is 20.2 Å². The van der Waals surface area contributed by atoms with Crippen molar-refractivity contribution in [2.75, 3.05) is 5.32 Å². The smallest absolute Gasteiger partial charge is 0.292 e. The molecule has 0 unspecified atom stereocenters. The van der Waals surface area contributed by atoms with Crippen LogP contribution < -0.4 is 5.32 Å². The molecule has 136 valence electrons. The highest BCUT2D eigenvalue weighted by Gasteiger charge is 2.20. The number of halogens is 1. The van der Waals surface area contributed by atoms with E-state index in [4.69, 9.17) is 0 Å². The fourth-order valence-electron chi connectivity index (χ4n) is 3.30. The highest BCUT2D eigenvalue weighted by Crippen LogP contribution is 2.36. The summed E-state index contributed by atoms with van der Waals surface area (Å²) in [5, 5.41) is 25.6. The average Bonchev–Trinajstić information content (AvgIpc) is 2.62. The summed E-state index contributed by atoms with van der Waals surface area (Å²) in [5.74, 6) is 0. The Morgan fingerprint density at radius 3 is 2.31 bits per heavy atom. The monoisotopic (exact) mass is 419 g/mol. The lowest BCUT2D eigenvalue weighted by atomic mass is 9.95. The van der Waals surface area contributed by atoms with Gasteiger partial charge in [0.2, 0.25) is 0 Å². The van der Waals surface area contributed by atoms with Crippen LogP contribution in [-0.4, -0.2) is 15.9 Å². The molecular formula is C18H18BrN3O4. The normalized spacial score (nSPS) is 14.8. The van der Waals surface area contributed by atoms with Gasteiger partial charge in [-0.05, 0) is 58.1 Å². The predicted octanol–water partition coefficient (Wildman–Crippen LogP) is 5.68. The lowest BCUT2D eigenvalue weighted by Crippen LogP contribution is -2.22. The number of nitrogens with one attached hydrogen (secondary N) is 1. The molecule has 26 heavy (non-hydrogen) atoms. The third kappa shape index (κ3) is 4.01. The first kappa shape index (κ1) is 18.3. The van der Waals surface area contributed by atoms with Crippen molar-refractivity contribution in [3.63, 3.8) is 0 Å². The number of hydrogen-bond acceptors (Lipinski definition) is 5. The molecule has 0 spiro atoms. The molecule has 0 amide bonds. The standard InChI is InChI=1S/C18H18BrN3O4/c19-16-11-14(21(23)24)7-8-15(16)12-6-9-18(22(25)26)17(10-12)20-13-4-2-1-3-5-13/h6-11,13,20H,1-5H2. The van der Waals surface area contributed by atoms with Gasteiger partial charge in [0.05, 0.1) is 9.85 Å². The molecule has 1 aliphatic carbocycles. The summed E-state index contributed by atoms with van der Waals surface area (Å²) >= 11 is 3.36. The van der Waals surface area contributed by atoms with Crippen molar-refractivity contribution in [3.05, 3.63) is 61.1 Å². The minimum absolute atomic E-state index is 0.0110. The van der Waals surface area contributed by atoms with E-state index >= 15 is 0 Å². The number of nitrogens with zero attached hydrogens (tertiary/aromatic N) is 2. The van der Waals surface area contributed by atoms with Crippen molar-refractivity contribution in [2.24, 2.45) is 0 Å². The molecule has 0 aromatic heterocycles. The Hall–Kier alpha value is -2.48. The lowest BCUT2D eigenvalue weighted by molar-refractivity contribution is -0.384. The maximum Gasteiger partial charge on any atom is 0.292 e. The van der Waals surface area contributed by atoms with Crippen molar-refractivity contribution in [1.82, 2.24) is 0 Å². The van der Waals surface area contributed by atoms with Crippen LogP contribution in [0.3, 0.4) is 0 Å². The van der Waals surface area contributed by atoms with Crippen molar-refractivity contribution >= 4 is 33.0 Å². The largest absolute Gasteiger partial charge is 0.377 e. The van der Waals surface area contributed by atoms with Crippen LogP contribution in [0.1, 0.15) is 32.1 Å². The average molecular weight is 420 g/mol. The van der Waals surface area contributed by atoms with Crippen LogP contribution in [0.15, 0.2) is 40.9 Å². The van der Waals surface area contributed by atoms with Gasteiger partial charge >= 0.3 is 0 Å². The van der Waals surface area contributed by atoms with Crippen molar-refractivity contribution < 1.29 is 9.85 Å². The van der Waals surface area contributed by atoms with E-state index in [0.717, 1.165) is 36.8 Å². The van der Waals surface area contributed by atoms with Gasteiger partial charge < -0.3 is 5.32 Å². The fourth-order valence-corrected chi connectivity index (χ4v) is 3.89. The zero-order valence-corrected chi connectivity index (χ0v) is 15.6. The molecule has 2 aromatic carbocycles. The molecule has 1 saturated carbocycles. The SMILES string of the molecule is O=[N+]([O-])c1ccc(-c2ccc([N+](=O)[O-])c(NC3CCCCC3)c2)c(Br)c1. The van der Waals surface area contributed by atoms with Crippen LogP contribution in [0.25, 0.3) is 11.1 Å². The molecule has 2 aromatic rings. The fraction of sp³-hybridized carbons (Fsp3) is 0.333. The summed E-state index contributed by atoms with van der Waals surface area (Å²) in [6.07, 6.45) is 5.46. The van der Waals surface area contributed by atoms with Gasteiger partial charge in [0.25, 0.3) is 11.4 Å². The summed E-state index contributed by atoms with van der Waals surface area (Å²) < 4.78 is 0.573. The van der Waals surface area contributed by atoms with E-state index in [1.807, 2.05) is 0 Å². The van der Waals surface area contributed by atoms with Crippen LogP contribution in [0.4, 0.5) is 17.1 Å². The minimum atomic E-state index is -0.458. The molecule has 0 radical (unpaired) electrons. The second-order valence-corrected chi connectivity index (χ2v) is 7.24. The Morgan fingerprint density at radius 1 is 0.962 bits per heavy atom. The van der Waals surface area contributed by atoms with Gasteiger partial charge in [-0.15, -0.1) is 0 Å². The number of anilines is 1. The number of non-ortho nitro benzene ring substituents is 1. The summed E-state index contributed by atoms with van der Waals surface area (Å²) in [6.45, 7) is 0. The van der Waals surface area contributed by atoms with E-state index in [1.54, 1.807) is 18.2 Å². The van der Waals surface area contributed by atoms with E-state index < -0.39 is 4.92 Å². The third-order valence-electron chi connectivity index (χ3n) is 4.63. The highest BCUT2D eigenvalue weighted by atomic mass is 79.9. The van der Waals surface area contributed by atoms with Crippen molar-refractivity contribution in [2.45, 2.75) is 38.1 Å². The molecule has 0 bridgehead atoms. The van der Waals surface area contributed by atoms with Crippen LogP contribution in [0.5, 0.6) is 0 Å². The molecule has 1 fully saturated rings. The van der Waals surface area contributed by atoms with Gasteiger partial charge in [-0.2, -0.15) is 0 Å². The summed E-state index contributed by atoms with van der Waals surface area (Å²) in [5.41, 5.74) is 2.03. The highest BCUT2D eigenvalue weighted by molar-refractivity contribution is 9.10. The topological polar surface area (TPSA) is 98.3 Å². The summed E-state index contributed by atoms with van der Waals surface area (Å²) in [4.78, 5) is 21.4. The van der Waals surface area contributed by atoms with Gasteiger partial charge in [-0.1, -0.05) is 19.3 Å². The molecule has 7 nitrogen and oxygen atoms in total. The number of hydrogen-bond donors (Lipinski definition) is 1. The van der Waals surface area contributed by atoms with E-state index in [-0.39, 0.29) is 22.3 Å². The summed E-state index contributed by atoms with van der Waals surface area (Å²) in [6, 6.07) is 9.63. The molecule has 0 atom stereocenters. The van der Waals surface area contributed by atoms with Crippen molar-refractivity contribution in [1.29, 1.82) is 0 Å². The van der Waals surface area contributed by atoms with Gasteiger partial charge in [-0.25, -0.2) is 0 Å². The Bertz CT molecular complexity index is 850. The molecule has 0 heterocycles. The van der Waals surface area contributed by atoms with E-state index in [9.17, 15) is 20.2 Å². The second kappa shape index (κ2) is 7.82. The first-order valence-corrected chi connectivity index (χ1v) is 9.24. The van der Waals surface area contributed by atoms with E-state index in [1.165, 1.54) is 24.6 Å². The minimum Gasteiger partial charge on any atom is -0.377 e. The quantitative estimate of drug-likeness (QED) is 0.496. The van der Waals surface area contributed by atoms with Crippen LogP contribution in [0.2, 0.25) is 0 Å². The van der Waals surface area contributed by atoms with Gasteiger partial charge in [0.1, 0.15) is 5.69 Å². The van der Waals surface area contributed by atoms with Gasteiger partial charge in [0.15, 0.2) is 0 Å². The Balaban J connectivity index is 1.97. The maximum atomic E-state index is 11.4. The predicted molar refractivity (Wildman–Crippen MR) is 103 cm³/mol. The van der Waals surface area contributed by atoms with Gasteiger partial charge in [0, 0.05) is 28.7 Å². The molecule has 3 rings (SSSR count). The zero-order chi connectivity index (χ0) is 18.7. The lowest BCUT2D eigenvalue weighted by Gasteiger charge is -2.24. The van der Waals surface area contributed by atoms with Crippen molar-refractivity contribution in [3.8, 4) is 11.1 Å². The first-order valence-electron chi connectivity index (χ1n) is 8.45. The van der Waals surface area contributed by atoms with Crippen LogP contribution in [-0.2, 0) is 0 Å². The third-order valence-corrected chi connectivity index (χ3v) is 5.29. The zero-order valence-electron chi connectivity index (χ0n) is 14.0. The molecule has 0 aliphatic heterocycles. The van der Waals surface area contributed by atoms with Gasteiger partial charge in [-0.3, -0.25) is 20.2 Å². The Morgan fingerprint density at radius 2 is 1.69 bits per heavy atom. The first-order chi connectivity index (χ1) is 12.5. The molecule has 1 aliphatic rings. The van der Waals surface area contributed by atoms with E-state index in [0.29, 0.717) is 10.2 Å². The molecular weight excluding hydrogens is 402 g/mol. The number of nitro benzene ring substituents is 2.